The van der Waals surface area contributed by atoms with Gasteiger partial charge < -0.3 is 19.7 Å². The van der Waals surface area contributed by atoms with Crippen molar-refractivity contribution in [3.05, 3.63) is 35.5 Å². The van der Waals surface area contributed by atoms with E-state index in [1.54, 1.807) is 4.90 Å². The van der Waals surface area contributed by atoms with Crippen LogP contribution >= 0.6 is 0 Å². The number of aryl methyl sites for hydroxylation is 1. The third kappa shape index (κ3) is 2.78. The van der Waals surface area contributed by atoms with Crippen LogP contribution in [0.4, 0.5) is 0 Å². The molecule has 1 amide bonds. The second-order valence-electron chi connectivity index (χ2n) is 6.57. The van der Waals surface area contributed by atoms with Crippen LogP contribution in [0.15, 0.2) is 24.4 Å². The number of rotatable bonds is 5. The summed E-state index contributed by atoms with van der Waals surface area (Å²) in [5.41, 5.74) is 2.14. The van der Waals surface area contributed by atoms with Crippen LogP contribution < -0.4 is 0 Å². The summed E-state index contributed by atoms with van der Waals surface area (Å²) in [6.45, 7) is 2.81. The molecule has 0 radical (unpaired) electrons. The number of hydrogen-bond donors (Lipinski definition) is 2. The quantitative estimate of drug-likeness (QED) is 0.878. The van der Waals surface area contributed by atoms with Crippen LogP contribution in [-0.4, -0.2) is 53.7 Å². The van der Waals surface area contributed by atoms with Crippen LogP contribution in [0.5, 0.6) is 0 Å². The fourth-order valence-corrected chi connectivity index (χ4v) is 3.50. The Hall–Kier alpha value is -2.34. The van der Waals surface area contributed by atoms with Gasteiger partial charge in [-0.25, -0.2) is 0 Å². The van der Waals surface area contributed by atoms with Crippen LogP contribution in [-0.2, 0) is 20.7 Å². The normalized spacial score (nSPS) is 20.7. The van der Waals surface area contributed by atoms with Gasteiger partial charge in [0.25, 0.3) is 0 Å². The SMILES string of the molecule is COCC1(C(=O)O)CCN(C(=O)Cc2c[nH]c3c(C)cccc23)C1. The molecule has 0 aliphatic carbocycles. The van der Waals surface area contributed by atoms with Gasteiger partial charge in [0.2, 0.25) is 5.91 Å². The molecule has 1 unspecified atom stereocenters. The topological polar surface area (TPSA) is 82.6 Å². The molecule has 24 heavy (non-hydrogen) atoms. The smallest absolute Gasteiger partial charge is 0.313 e. The number of aliphatic carboxylic acids is 1. The number of H-pyrrole nitrogens is 1. The number of carboxylic acids is 1. The minimum absolute atomic E-state index is 0.0448. The second kappa shape index (κ2) is 6.28. The van der Waals surface area contributed by atoms with Crippen LogP contribution in [0.1, 0.15) is 17.5 Å². The van der Waals surface area contributed by atoms with E-state index in [9.17, 15) is 14.7 Å². The van der Waals surface area contributed by atoms with Gasteiger partial charge in [-0.3, -0.25) is 9.59 Å². The zero-order chi connectivity index (χ0) is 17.3. The van der Waals surface area contributed by atoms with E-state index in [1.165, 1.54) is 7.11 Å². The Balaban J connectivity index is 1.76. The molecule has 0 bridgehead atoms. The molecule has 2 N–H and O–H groups in total. The van der Waals surface area contributed by atoms with E-state index in [2.05, 4.69) is 4.98 Å². The van der Waals surface area contributed by atoms with Gasteiger partial charge in [0, 0.05) is 37.3 Å². The molecule has 0 spiro atoms. The highest BCUT2D eigenvalue weighted by atomic mass is 16.5. The molecule has 1 aromatic heterocycles. The first-order valence-electron chi connectivity index (χ1n) is 8.02. The summed E-state index contributed by atoms with van der Waals surface area (Å²) in [6, 6.07) is 6.00. The number of nitrogens with zero attached hydrogens (tertiary/aromatic N) is 1. The lowest BCUT2D eigenvalue weighted by Crippen LogP contribution is -2.40. The largest absolute Gasteiger partial charge is 0.481 e. The number of aromatic amines is 1. The van der Waals surface area contributed by atoms with E-state index < -0.39 is 11.4 Å². The van der Waals surface area contributed by atoms with Crippen LogP contribution in [0, 0.1) is 12.3 Å². The molecule has 128 valence electrons. The fraction of sp³-hybridized carbons (Fsp3) is 0.444. The lowest BCUT2D eigenvalue weighted by atomic mass is 9.88. The summed E-state index contributed by atoms with van der Waals surface area (Å²) >= 11 is 0. The van der Waals surface area contributed by atoms with Crippen molar-refractivity contribution in [2.75, 3.05) is 26.8 Å². The standard InChI is InChI=1S/C18H22N2O4/c1-12-4-3-5-14-13(9-19-16(12)14)8-15(21)20-7-6-18(10-20,11-24-2)17(22)23/h3-5,9,19H,6-8,10-11H2,1-2H3,(H,22,23). The Kier molecular flexibility index (Phi) is 4.32. The van der Waals surface area contributed by atoms with Crippen LogP contribution in [0.2, 0.25) is 0 Å². The minimum Gasteiger partial charge on any atom is -0.481 e. The molecular weight excluding hydrogens is 308 g/mol. The molecule has 1 fully saturated rings. The molecule has 2 aromatic rings. The van der Waals surface area contributed by atoms with Gasteiger partial charge in [-0.1, -0.05) is 18.2 Å². The summed E-state index contributed by atoms with van der Waals surface area (Å²) in [5.74, 6) is -0.945. The maximum atomic E-state index is 12.6. The number of methoxy groups -OCH3 is 1. The fourth-order valence-electron chi connectivity index (χ4n) is 3.50. The maximum absolute atomic E-state index is 12.6. The molecule has 1 aromatic carbocycles. The van der Waals surface area contributed by atoms with Gasteiger partial charge in [-0.05, 0) is 24.5 Å². The van der Waals surface area contributed by atoms with Gasteiger partial charge in [-0.2, -0.15) is 0 Å². The van der Waals surface area contributed by atoms with E-state index in [0.29, 0.717) is 13.0 Å². The number of nitrogens with one attached hydrogen (secondary N) is 1. The van der Waals surface area contributed by atoms with E-state index in [1.807, 2.05) is 31.3 Å². The number of hydrogen-bond acceptors (Lipinski definition) is 3. The highest BCUT2D eigenvalue weighted by Crippen LogP contribution is 2.32. The zero-order valence-corrected chi connectivity index (χ0v) is 14.0. The van der Waals surface area contributed by atoms with E-state index in [-0.39, 0.29) is 25.5 Å². The first-order chi connectivity index (χ1) is 11.5. The highest BCUT2D eigenvalue weighted by Gasteiger charge is 2.46. The van der Waals surface area contributed by atoms with Crippen molar-refractivity contribution in [1.82, 2.24) is 9.88 Å². The predicted octanol–water partition coefficient (Wildman–Crippen LogP) is 1.97. The van der Waals surface area contributed by atoms with E-state index in [0.717, 1.165) is 22.0 Å². The van der Waals surface area contributed by atoms with Crippen molar-refractivity contribution in [2.45, 2.75) is 19.8 Å². The molecule has 0 saturated carbocycles. The lowest BCUT2D eigenvalue weighted by Gasteiger charge is -2.23. The predicted molar refractivity (Wildman–Crippen MR) is 89.9 cm³/mol. The number of benzene rings is 1. The van der Waals surface area contributed by atoms with Crippen molar-refractivity contribution in [1.29, 1.82) is 0 Å². The van der Waals surface area contributed by atoms with Crippen LogP contribution in [0.25, 0.3) is 10.9 Å². The monoisotopic (exact) mass is 330 g/mol. The van der Waals surface area contributed by atoms with E-state index >= 15 is 0 Å². The number of carbonyl (C=O) groups is 2. The third-order valence-electron chi connectivity index (χ3n) is 4.93. The minimum atomic E-state index is -0.985. The summed E-state index contributed by atoms with van der Waals surface area (Å²) in [4.78, 5) is 29.1. The van der Waals surface area contributed by atoms with E-state index in [4.69, 9.17) is 4.74 Å². The van der Waals surface area contributed by atoms with Crippen molar-refractivity contribution < 1.29 is 19.4 Å². The Morgan fingerprint density at radius 2 is 2.21 bits per heavy atom. The highest BCUT2D eigenvalue weighted by molar-refractivity contribution is 5.91. The number of fused-ring (bicyclic) bond motifs is 1. The molecule has 6 nitrogen and oxygen atoms in total. The molecule has 1 aliphatic rings. The number of likely N-dealkylation sites (tertiary alicyclic amines) is 1. The number of carbonyl (C=O) groups excluding carboxylic acids is 1. The first kappa shape index (κ1) is 16.5. The summed E-state index contributed by atoms with van der Waals surface area (Å²) in [7, 11) is 1.49. The van der Waals surface area contributed by atoms with Gasteiger partial charge in [0.05, 0.1) is 13.0 Å². The molecule has 1 saturated heterocycles. The third-order valence-corrected chi connectivity index (χ3v) is 4.93. The molecule has 1 aliphatic heterocycles. The summed E-state index contributed by atoms with van der Waals surface area (Å²) < 4.78 is 5.07. The Morgan fingerprint density at radius 3 is 2.92 bits per heavy atom. The first-order valence-corrected chi connectivity index (χ1v) is 8.02. The summed E-state index contributed by atoms with van der Waals surface area (Å²) in [6.07, 6.45) is 2.56. The molecular formula is C18H22N2O4. The van der Waals surface area contributed by atoms with Crippen molar-refractivity contribution in [2.24, 2.45) is 5.41 Å². The van der Waals surface area contributed by atoms with Crippen LogP contribution in [0.3, 0.4) is 0 Å². The molecule has 2 heterocycles. The van der Waals surface area contributed by atoms with Crippen molar-refractivity contribution in [3.8, 4) is 0 Å². The second-order valence-corrected chi connectivity index (χ2v) is 6.57. The number of ether oxygens (including phenoxy) is 1. The Labute approximate surface area is 140 Å². The maximum Gasteiger partial charge on any atom is 0.313 e. The number of aromatic nitrogens is 1. The van der Waals surface area contributed by atoms with Gasteiger partial charge >= 0.3 is 5.97 Å². The number of para-hydroxylation sites is 1. The average Bonchev–Trinajstić information content (AvgIpc) is 3.14. The number of amides is 1. The zero-order valence-electron chi connectivity index (χ0n) is 14.0. The summed E-state index contributed by atoms with van der Waals surface area (Å²) in [5, 5.41) is 10.5. The Bertz CT molecular complexity index is 782. The molecule has 3 rings (SSSR count). The van der Waals surface area contributed by atoms with Crippen molar-refractivity contribution in [3.63, 3.8) is 0 Å². The van der Waals surface area contributed by atoms with Gasteiger partial charge in [-0.15, -0.1) is 0 Å². The molecule has 1 atom stereocenters. The average molecular weight is 330 g/mol. The van der Waals surface area contributed by atoms with Gasteiger partial charge in [0.15, 0.2) is 0 Å². The Morgan fingerprint density at radius 1 is 1.42 bits per heavy atom. The van der Waals surface area contributed by atoms with Gasteiger partial charge in [0.1, 0.15) is 5.41 Å². The molecule has 6 heteroatoms. The lowest BCUT2D eigenvalue weighted by molar-refractivity contribution is -0.151. The van der Waals surface area contributed by atoms with Crippen molar-refractivity contribution >= 4 is 22.8 Å². The number of carboxylic acid groups (broad SMARTS) is 1.